The van der Waals surface area contributed by atoms with Crippen LogP contribution in [0.2, 0.25) is 0 Å². The number of amides is 1. The molecule has 118 valence electrons. The topological polar surface area (TPSA) is 81.5 Å². The molecule has 0 atom stereocenters. The van der Waals surface area contributed by atoms with Gasteiger partial charge in [0.2, 0.25) is 5.76 Å². The summed E-state index contributed by atoms with van der Waals surface area (Å²) < 4.78 is 42.9. The Morgan fingerprint density at radius 1 is 1.41 bits per heavy atom. The Morgan fingerprint density at radius 2 is 2.14 bits per heavy atom. The minimum atomic E-state index is -4.78. The molecule has 1 N–H and O–H groups in total. The lowest BCUT2D eigenvalue weighted by Crippen LogP contribution is -2.26. The summed E-state index contributed by atoms with van der Waals surface area (Å²) in [6.45, 7) is -0.146. The van der Waals surface area contributed by atoms with Crippen LogP contribution in [-0.2, 0) is 9.53 Å². The molecule has 1 aromatic rings. The molecule has 0 saturated carbocycles. The first-order valence-electron chi connectivity index (χ1n) is 5.92. The maximum Gasteiger partial charge on any atom is 0.450 e. The lowest BCUT2D eigenvalue weighted by Gasteiger charge is -2.21. The Hall–Kier alpha value is -2.23. The van der Waals surface area contributed by atoms with Crippen LogP contribution in [0.4, 0.5) is 24.5 Å². The molecule has 1 aliphatic rings. The number of benzene rings is 1. The number of allylic oxidation sites excluding steroid dienone is 1. The third-order valence-electron chi connectivity index (χ3n) is 2.56. The SMILES string of the molecule is O=C(Nc1cccc([N+](=O)[O-])c1)C1=C(C(F)(F)F)OCCS1. The van der Waals surface area contributed by atoms with Crippen molar-refractivity contribution >= 4 is 29.0 Å². The van der Waals surface area contributed by atoms with Crippen LogP contribution in [-0.4, -0.2) is 29.4 Å². The number of hydrogen-bond donors (Lipinski definition) is 1. The quantitative estimate of drug-likeness (QED) is 0.679. The number of nitro groups is 1. The van der Waals surface area contributed by atoms with Crippen molar-refractivity contribution in [3.63, 3.8) is 0 Å². The van der Waals surface area contributed by atoms with Crippen molar-refractivity contribution in [2.45, 2.75) is 6.18 Å². The molecule has 0 saturated heterocycles. The van der Waals surface area contributed by atoms with E-state index < -0.39 is 27.7 Å². The van der Waals surface area contributed by atoms with Crippen LogP contribution in [0.1, 0.15) is 0 Å². The standard InChI is InChI=1S/C12H9F3N2O4S/c13-12(14,15)10-9(22-5-4-21-10)11(18)16-7-2-1-3-8(6-7)17(19)20/h1-3,6H,4-5H2,(H,16,18). The number of anilines is 1. The van der Waals surface area contributed by atoms with Crippen LogP contribution in [0.25, 0.3) is 0 Å². The van der Waals surface area contributed by atoms with Gasteiger partial charge >= 0.3 is 6.18 Å². The first-order valence-corrected chi connectivity index (χ1v) is 6.90. The molecule has 0 aliphatic carbocycles. The Bertz CT molecular complexity index is 646. The molecule has 0 aromatic heterocycles. The zero-order valence-electron chi connectivity index (χ0n) is 10.8. The number of hydrogen-bond acceptors (Lipinski definition) is 5. The minimum Gasteiger partial charge on any atom is -0.487 e. The highest BCUT2D eigenvalue weighted by Gasteiger charge is 2.42. The normalized spacial score (nSPS) is 15.2. The Labute approximate surface area is 126 Å². The third kappa shape index (κ3) is 3.70. The predicted octanol–water partition coefficient (Wildman–Crippen LogP) is 3.07. The van der Waals surface area contributed by atoms with Gasteiger partial charge in [-0.2, -0.15) is 13.2 Å². The molecule has 1 aliphatic heterocycles. The first kappa shape index (κ1) is 16.1. The van der Waals surface area contributed by atoms with Gasteiger partial charge in [-0.15, -0.1) is 11.8 Å². The second kappa shape index (κ2) is 6.26. The summed E-state index contributed by atoms with van der Waals surface area (Å²) in [5, 5.41) is 12.8. The molecule has 1 amide bonds. The summed E-state index contributed by atoms with van der Waals surface area (Å²) in [5.74, 6) is -2.15. The van der Waals surface area contributed by atoms with E-state index >= 15 is 0 Å². The van der Waals surface area contributed by atoms with Crippen LogP contribution in [0.3, 0.4) is 0 Å². The Balaban J connectivity index is 2.26. The highest BCUT2D eigenvalue weighted by molar-refractivity contribution is 8.04. The summed E-state index contributed by atoms with van der Waals surface area (Å²) in [6, 6.07) is 4.92. The largest absolute Gasteiger partial charge is 0.487 e. The van der Waals surface area contributed by atoms with Crippen LogP contribution >= 0.6 is 11.8 Å². The molecule has 0 unspecified atom stereocenters. The number of alkyl halides is 3. The van der Waals surface area contributed by atoms with Gasteiger partial charge < -0.3 is 10.1 Å². The van der Waals surface area contributed by atoms with Gasteiger partial charge in [-0.1, -0.05) is 6.07 Å². The monoisotopic (exact) mass is 334 g/mol. The molecule has 0 radical (unpaired) electrons. The lowest BCUT2D eigenvalue weighted by molar-refractivity contribution is -0.384. The van der Waals surface area contributed by atoms with Gasteiger partial charge in [0.05, 0.1) is 11.5 Å². The lowest BCUT2D eigenvalue weighted by atomic mass is 10.2. The average molecular weight is 334 g/mol. The smallest absolute Gasteiger partial charge is 0.450 e. The van der Waals surface area contributed by atoms with Crippen molar-refractivity contribution in [2.24, 2.45) is 0 Å². The van der Waals surface area contributed by atoms with E-state index in [4.69, 9.17) is 0 Å². The van der Waals surface area contributed by atoms with E-state index in [0.29, 0.717) is 0 Å². The maximum atomic E-state index is 12.8. The molecule has 1 aromatic carbocycles. The van der Waals surface area contributed by atoms with Gasteiger partial charge in [0, 0.05) is 23.6 Å². The molecule has 1 heterocycles. The van der Waals surface area contributed by atoms with Crippen LogP contribution in [0, 0.1) is 10.1 Å². The minimum absolute atomic E-state index is 0.0272. The summed E-state index contributed by atoms with van der Waals surface area (Å²) in [5.41, 5.74) is -0.255. The van der Waals surface area contributed by atoms with E-state index in [1.165, 1.54) is 18.2 Å². The molecule has 10 heteroatoms. The van der Waals surface area contributed by atoms with Crippen LogP contribution < -0.4 is 5.32 Å². The fourth-order valence-electron chi connectivity index (χ4n) is 1.68. The first-order chi connectivity index (χ1) is 10.3. The molecule has 2 rings (SSSR count). The van der Waals surface area contributed by atoms with Crippen molar-refractivity contribution in [1.29, 1.82) is 0 Å². The number of non-ortho nitro benzene ring substituents is 1. The highest BCUT2D eigenvalue weighted by Crippen LogP contribution is 2.37. The number of carbonyl (C=O) groups excluding carboxylic acids is 1. The third-order valence-corrected chi connectivity index (χ3v) is 3.59. The number of ether oxygens (including phenoxy) is 1. The number of nitro benzene ring substituents is 1. The van der Waals surface area contributed by atoms with Crippen molar-refractivity contribution < 1.29 is 27.6 Å². The summed E-state index contributed by atoms with van der Waals surface area (Å²) in [6.07, 6.45) is -4.78. The highest BCUT2D eigenvalue weighted by atomic mass is 32.2. The second-order valence-corrected chi connectivity index (χ2v) is 5.22. The average Bonchev–Trinajstić information content (AvgIpc) is 2.46. The molecule has 22 heavy (non-hydrogen) atoms. The molecular formula is C12H9F3N2O4S. The Morgan fingerprint density at radius 3 is 2.77 bits per heavy atom. The van der Waals surface area contributed by atoms with Gasteiger partial charge in [0.15, 0.2) is 0 Å². The fraction of sp³-hybridized carbons (Fsp3) is 0.250. The number of halogens is 3. The zero-order chi connectivity index (χ0) is 16.3. The Kier molecular flexibility index (Phi) is 4.59. The van der Waals surface area contributed by atoms with E-state index in [9.17, 15) is 28.1 Å². The van der Waals surface area contributed by atoms with Crippen molar-refractivity contribution in [1.82, 2.24) is 0 Å². The van der Waals surface area contributed by atoms with E-state index in [0.717, 1.165) is 17.8 Å². The number of nitrogens with zero attached hydrogens (tertiary/aromatic N) is 1. The van der Waals surface area contributed by atoms with Gasteiger partial charge in [-0.3, -0.25) is 14.9 Å². The predicted molar refractivity (Wildman–Crippen MR) is 73.2 cm³/mol. The summed E-state index contributed by atoms with van der Waals surface area (Å²) in [4.78, 5) is 21.3. The molecule has 0 fully saturated rings. The second-order valence-electron chi connectivity index (χ2n) is 4.11. The molecule has 6 nitrogen and oxygen atoms in total. The van der Waals surface area contributed by atoms with Gasteiger partial charge in [0.1, 0.15) is 4.91 Å². The van der Waals surface area contributed by atoms with E-state index in [2.05, 4.69) is 10.1 Å². The summed E-state index contributed by atoms with van der Waals surface area (Å²) >= 11 is 0.725. The van der Waals surface area contributed by atoms with Crippen LogP contribution in [0.15, 0.2) is 34.9 Å². The van der Waals surface area contributed by atoms with Crippen molar-refractivity contribution in [2.75, 3.05) is 17.7 Å². The number of carbonyl (C=O) groups is 1. The zero-order valence-corrected chi connectivity index (χ0v) is 11.7. The number of rotatable bonds is 3. The molecule has 0 spiro atoms. The number of thioether (sulfide) groups is 1. The van der Waals surface area contributed by atoms with Gasteiger partial charge in [0.25, 0.3) is 11.6 Å². The van der Waals surface area contributed by atoms with Crippen molar-refractivity contribution in [3.8, 4) is 0 Å². The summed E-state index contributed by atoms with van der Waals surface area (Å²) in [7, 11) is 0. The maximum absolute atomic E-state index is 12.8. The molecule has 0 bridgehead atoms. The fourth-order valence-corrected chi connectivity index (χ4v) is 2.54. The number of nitrogens with one attached hydrogen (secondary N) is 1. The van der Waals surface area contributed by atoms with E-state index in [1.807, 2.05) is 0 Å². The van der Waals surface area contributed by atoms with Gasteiger partial charge in [-0.25, -0.2) is 0 Å². The van der Waals surface area contributed by atoms with Gasteiger partial charge in [-0.05, 0) is 6.07 Å². The van der Waals surface area contributed by atoms with E-state index in [1.54, 1.807) is 0 Å². The molecular weight excluding hydrogens is 325 g/mol. The van der Waals surface area contributed by atoms with E-state index in [-0.39, 0.29) is 23.7 Å². The van der Waals surface area contributed by atoms with Crippen LogP contribution in [0.5, 0.6) is 0 Å². The van der Waals surface area contributed by atoms with Crippen molar-refractivity contribution in [3.05, 3.63) is 45.0 Å².